The molecule has 0 aliphatic carbocycles. The highest BCUT2D eigenvalue weighted by molar-refractivity contribution is 5.96. The summed E-state index contributed by atoms with van der Waals surface area (Å²) in [6, 6.07) is 0. The number of piperazine rings is 1. The number of nitrogens with zero attached hydrogens (tertiary/aromatic N) is 3. The zero-order chi connectivity index (χ0) is 15.1. The Morgan fingerprint density at radius 1 is 1.05 bits per heavy atom. The van der Waals surface area contributed by atoms with E-state index in [1.165, 1.54) is 0 Å². The first-order valence-electron chi connectivity index (χ1n) is 7.68. The largest absolute Gasteiger partial charge is 0.379 e. The molecule has 0 aromatic carbocycles. The molecule has 2 saturated heterocycles. The molecule has 0 unspecified atom stereocenters. The van der Waals surface area contributed by atoms with E-state index < -0.39 is 0 Å². The molecule has 21 heavy (non-hydrogen) atoms. The zero-order valence-electron chi connectivity index (χ0n) is 12.8. The second kappa shape index (κ2) is 8.31. The van der Waals surface area contributed by atoms with Crippen LogP contribution in [-0.4, -0.2) is 99.1 Å². The highest BCUT2D eigenvalue weighted by atomic mass is 16.5. The standard InChI is InChI=1S/C14H26N4O3/c1-16-4-6-18(7-5-16)14(20)12-13(19)15-2-3-17-8-10-21-11-9-17/h2-12H2,1H3,(H,15,19). The summed E-state index contributed by atoms with van der Waals surface area (Å²) in [4.78, 5) is 30.0. The Morgan fingerprint density at radius 3 is 2.38 bits per heavy atom. The maximum absolute atomic E-state index is 12.0. The van der Waals surface area contributed by atoms with Crippen molar-refractivity contribution in [1.82, 2.24) is 20.0 Å². The summed E-state index contributed by atoms with van der Waals surface area (Å²) in [6.07, 6.45) is -0.0349. The SMILES string of the molecule is CN1CCN(C(=O)CC(=O)NCCN2CCOCC2)CC1. The van der Waals surface area contributed by atoms with E-state index in [1.54, 1.807) is 4.90 Å². The van der Waals surface area contributed by atoms with E-state index in [0.717, 1.165) is 59.0 Å². The highest BCUT2D eigenvalue weighted by Crippen LogP contribution is 2.02. The van der Waals surface area contributed by atoms with Gasteiger partial charge in [-0.15, -0.1) is 0 Å². The number of rotatable bonds is 5. The van der Waals surface area contributed by atoms with Crippen molar-refractivity contribution in [1.29, 1.82) is 0 Å². The molecule has 0 bridgehead atoms. The minimum Gasteiger partial charge on any atom is -0.379 e. The lowest BCUT2D eigenvalue weighted by Crippen LogP contribution is -2.48. The third kappa shape index (κ3) is 5.61. The maximum atomic E-state index is 12.0. The number of hydrogen-bond donors (Lipinski definition) is 1. The van der Waals surface area contributed by atoms with Crippen LogP contribution in [0.4, 0.5) is 0 Å². The van der Waals surface area contributed by atoms with Gasteiger partial charge in [0.25, 0.3) is 0 Å². The number of amides is 2. The lowest BCUT2D eigenvalue weighted by atomic mass is 10.2. The Balaban J connectivity index is 1.59. The Kier molecular flexibility index (Phi) is 6.41. The number of carbonyl (C=O) groups excluding carboxylic acids is 2. The van der Waals surface area contributed by atoms with Crippen LogP contribution in [0.2, 0.25) is 0 Å². The molecule has 2 amide bonds. The quantitative estimate of drug-likeness (QED) is 0.633. The number of ether oxygens (including phenoxy) is 1. The van der Waals surface area contributed by atoms with Gasteiger partial charge in [0, 0.05) is 52.4 Å². The minimum absolute atomic E-state index is 0.0349. The topological polar surface area (TPSA) is 65.1 Å². The first-order valence-corrected chi connectivity index (χ1v) is 7.68. The number of nitrogens with one attached hydrogen (secondary N) is 1. The van der Waals surface area contributed by atoms with Crippen LogP contribution in [0.15, 0.2) is 0 Å². The van der Waals surface area contributed by atoms with E-state index in [2.05, 4.69) is 15.1 Å². The molecule has 7 heteroatoms. The van der Waals surface area contributed by atoms with Crippen LogP contribution in [0.5, 0.6) is 0 Å². The van der Waals surface area contributed by atoms with Crippen molar-refractivity contribution < 1.29 is 14.3 Å². The van der Waals surface area contributed by atoms with Crippen molar-refractivity contribution in [2.24, 2.45) is 0 Å². The van der Waals surface area contributed by atoms with Gasteiger partial charge in [0.15, 0.2) is 0 Å². The van der Waals surface area contributed by atoms with Gasteiger partial charge in [0.05, 0.1) is 13.2 Å². The van der Waals surface area contributed by atoms with Crippen LogP contribution >= 0.6 is 0 Å². The Bertz CT molecular complexity index is 350. The molecule has 0 aromatic rings. The molecule has 0 spiro atoms. The highest BCUT2D eigenvalue weighted by Gasteiger charge is 2.21. The minimum atomic E-state index is -0.174. The van der Waals surface area contributed by atoms with Gasteiger partial charge in [-0.3, -0.25) is 14.5 Å². The fourth-order valence-electron chi connectivity index (χ4n) is 2.55. The van der Waals surface area contributed by atoms with Gasteiger partial charge in [-0.25, -0.2) is 0 Å². The monoisotopic (exact) mass is 298 g/mol. The molecule has 0 atom stereocenters. The average molecular weight is 298 g/mol. The van der Waals surface area contributed by atoms with E-state index in [0.29, 0.717) is 6.54 Å². The van der Waals surface area contributed by atoms with Gasteiger partial charge < -0.3 is 19.9 Å². The second-order valence-electron chi connectivity index (χ2n) is 5.66. The molecule has 2 heterocycles. The van der Waals surface area contributed by atoms with Crippen LogP contribution in [0.25, 0.3) is 0 Å². The second-order valence-corrected chi connectivity index (χ2v) is 5.66. The number of likely N-dealkylation sites (N-methyl/N-ethyl adjacent to an activating group) is 1. The average Bonchev–Trinajstić information content (AvgIpc) is 2.49. The van der Waals surface area contributed by atoms with Gasteiger partial charge >= 0.3 is 0 Å². The smallest absolute Gasteiger partial charge is 0.232 e. The van der Waals surface area contributed by atoms with Crippen molar-refractivity contribution in [2.75, 3.05) is 72.6 Å². The van der Waals surface area contributed by atoms with Crippen LogP contribution in [-0.2, 0) is 14.3 Å². The Labute approximate surface area is 126 Å². The van der Waals surface area contributed by atoms with Gasteiger partial charge in [0.1, 0.15) is 6.42 Å². The molecule has 2 fully saturated rings. The van der Waals surface area contributed by atoms with Crippen LogP contribution in [0.3, 0.4) is 0 Å². The summed E-state index contributed by atoms with van der Waals surface area (Å²) in [7, 11) is 2.04. The molecular formula is C14H26N4O3. The predicted octanol–water partition coefficient (Wildman–Crippen LogP) is -1.40. The van der Waals surface area contributed by atoms with Gasteiger partial charge in [0.2, 0.25) is 11.8 Å². The fraction of sp³-hybridized carbons (Fsp3) is 0.857. The molecule has 0 saturated carbocycles. The fourth-order valence-corrected chi connectivity index (χ4v) is 2.55. The molecule has 2 aliphatic rings. The Hall–Kier alpha value is -1.18. The molecular weight excluding hydrogens is 272 g/mol. The number of morpholine rings is 1. The predicted molar refractivity (Wildman–Crippen MR) is 79.0 cm³/mol. The van der Waals surface area contributed by atoms with E-state index in [1.807, 2.05) is 7.05 Å². The van der Waals surface area contributed by atoms with Gasteiger partial charge in [-0.05, 0) is 7.05 Å². The lowest BCUT2D eigenvalue weighted by molar-refractivity contribution is -0.137. The van der Waals surface area contributed by atoms with E-state index >= 15 is 0 Å². The van der Waals surface area contributed by atoms with Crippen molar-refractivity contribution in [2.45, 2.75) is 6.42 Å². The van der Waals surface area contributed by atoms with Gasteiger partial charge in [-0.2, -0.15) is 0 Å². The summed E-state index contributed by atoms with van der Waals surface area (Å²) in [5, 5.41) is 2.83. The molecule has 2 aliphatic heterocycles. The van der Waals surface area contributed by atoms with Crippen molar-refractivity contribution in [3.63, 3.8) is 0 Å². The molecule has 1 N–H and O–H groups in total. The molecule has 2 rings (SSSR count). The van der Waals surface area contributed by atoms with E-state index in [9.17, 15) is 9.59 Å². The summed E-state index contributed by atoms with van der Waals surface area (Å²) in [5.74, 6) is -0.237. The molecule has 0 radical (unpaired) electrons. The third-order valence-electron chi connectivity index (χ3n) is 4.02. The van der Waals surface area contributed by atoms with Gasteiger partial charge in [-0.1, -0.05) is 0 Å². The van der Waals surface area contributed by atoms with Crippen LogP contribution < -0.4 is 5.32 Å². The van der Waals surface area contributed by atoms with E-state index in [4.69, 9.17) is 4.74 Å². The summed E-state index contributed by atoms with van der Waals surface area (Å²) >= 11 is 0. The third-order valence-corrected chi connectivity index (χ3v) is 4.02. The van der Waals surface area contributed by atoms with Crippen LogP contribution in [0, 0.1) is 0 Å². The van der Waals surface area contributed by atoms with Crippen molar-refractivity contribution in [3.8, 4) is 0 Å². The van der Waals surface area contributed by atoms with Crippen molar-refractivity contribution in [3.05, 3.63) is 0 Å². The molecule has 7 nitrogen and oxygen atoms in total. The number of carbonyl (C=O) groups is 2. The first-order chi connectivity index (χ1) is 10.1. The summed E-state index contributed by atoms with van der Waals surface area (Å²) in [5.41, 5.74) is 0. The van der Waals surface area contributed by atoms with Crippen LogP contribution in [0.1, 0.15) is 6.42 Å². The Morgan fingerprint density at radius 2 is 1.71 bits per heavy atom. The lowest BCUT2D eigenvalue weighted by Gasteiger charge is -2.32. The molecule has 0 aromatic heterocycles. The summed E-state index contributed by atoms with van der Waals surface area (Å²) in [6.45, 7) is 7.95. The maximum Gasteiger partial charge on any atom is 0.232 e. The van der Waals surface area contributed by atoms with E-state index in [-0.39, 0.29) is 18.2 Å². The number of hydrogen-bond acceptors (Lipinski definition) is 5. The van der Waals surface area contributed by atoms with Crippen molar-refractivity contribution >= 4 is 11.8 Å². The first kappa shape index (κ1) is 16.2. The normalized spacial score (nSPS) is 21.3. The zero-order valence-corrected chi connectivity index (χ0v) is 12.8. The summed E-state index contributed by atoms with van der Waals surface area (Å²) < 4.78 is 5.27. The molecule has 120 valence electrons.